The summed E-state index contributed by atoms with van der Waals surface area (Å²) in [6.45, 7) is 3.56. The first kappa shape index (κ1) is 25.5. The lowest BCUT2D eigenvalue weighted by Gasteiger charge is -2.08. The Balaban J connectivity index is 0. The Morgan fingerprint density at radius 1 is 0.435 bits per heavy atom. The van der Waals surface area contributed by atoms with Crippen molar-refractivity contribution in [2.75, 3.05) is 20.6 Å². The van der Waals surface area contributed by atoms with Gasteiger partial charge in [-0.25, -0.2) is 0 Å². The third-order valence-corrected chi connectivity index (χ3v) is 4.71. The van der Waals surface area contributed by atoms with Crippen LogP contribution in [0.3, 0.4) is 0 Å². The second-order valence-corrected chi connectivity index (χ2v) is 7.46. The summed E-state index contributed by atoms with van der Waals surface area (Å²) in [6, 6.07) is 0. The van der Waals surface area contributed by atoms with Crippen LogP contribution in [-0.4, -0.2) is 25.5 Å². The molecule has 0 aromatic rings. The molecule has 0 saturated heterocycles. The minimum absolute atomic E-state index is 0. The molecule has 0 aliphatic rings. The lowest BCUT2D eigenvalue weighted by atomic mass is 10.0. The maximum atomic E-state index is 2.30. The molecule has 0 radical (unpaired) electrons. The number of nitrogens with zero attached hydrogens (tertiary/aromatic N) is 1. The highest BCUT2D eigenvalue weighted by molar-refractivity contribution is 5.85. The maximum Gasteiger partial charge on any atom is -0.00248 e. The van der Waals surface area contributed by atoms with Crippen molar-refractivity contribution in [3.05, 3.63) is 0 Å². The van der Waals surface area contributed by atoms with Gasteiger partial charge in [-0.2, -0.15) is 0 Å². The van der Waals surface area contributed by atoms with Crippen LogP contribution in [0.15, 0.2) is 0 Å². The highest BCUT2D eigenvalue weighted by Crippen LogP contribution is 2.13. The van der Waals surface area contributed by atoms with Gasteiger partial charge in [0.2, 0.25) is 0 Å². The molecule has 23 heavy (non-hydrogen) atoms. The summed E-state index contributed by atoms with van der Waals surface area (Å²) in [7, 11) is 4.35. The van der Waals surface area contributed by atoms with Gasteiger partial charge in [-0.1, -0.05) is 110 Å². The standard InChI is InChI=1S/C21H45N.ClH/c1-4-5-6-7-8-9-10-11-12-13-14-15-16-17-18-19-20-21-22(2)3;/h4-21H2,1-3H3;1H. The first-order valence-corrected chi connectivity index (χ1v) is 10.4. The van der Waals surface area contributed by atoms with E-state index >= 15 is 0 Å². The van der Waals surface area contributed by atoms with Gasteiger partial charge in [0.15, 0.2) is 0 Å². The molecule has 0 aromatic heterocycles. The maximum absolute atomic E-state index is 2.30. The molecule has 0 aliphatic heterocycles. The molecule has 142 valence electrons. The van der Waals surface area contributed by atoms with Crippen molar-refractivity contribution >= 4 is 12.4 Å². The molecule has 0 heterocycles. The monoisotopic (exact) mass is 347 g/mol. The second kappa shape index (κ2) is 22.2. The van der Waals surface area contributed by atoms with Crippen molar-refractivity contribution in [3.63, 3.8) is 0 Å². The summed E-state index contributed by atoms with van der Waals surface area (Å²) < 4.78 is 0. The van der Waals surface area contributed by atoms with Crippen LogP contribution in [0.1, 0.15) is 116 Å². The van der Waals surface area contributed by atoms with E-state index in [4.69, 9.17) is 0 Å². The molecule has 2 heteroatoms. The molecule has 0 N–H and O–H groups in total. The van der Waals surface area contributed by atoms with Crippen LogP contribution in [0.4, 0.5) is 0 Å². The summed E-state index contributed by atoms with van der Waals surface area (Å²) in [5.41, 5.74) is 0. The van der Waals surface area contributed by atoms with Crippen LogP contribution in [0.5, 0.6) is 0 Å². The molecule has 0 aromatic carbocycles. The van der Waals surface area contributed by atoms with Crippen molar-refractivity contribution in [2.45, 2.75) is 116 Å². The first-order valence-electron chi connectivity index (χ1n) is 10.4. The zero-order valence-electron chi connectivity index (χ0n) is 16.6. The predicted molar refractivity (Wildman–Crippen MR) is 110 cm³/mol. The molecular formula is C21H46ClN. The molecule has 0 aliphatic carbocycles. The van der Waals surface area contributed by atoms with Gasteiger partial charge in [-0.05, 0) is 27.1 Å². The Labute approximate surface area is 154 Å². The predicted octanol–water partition coefficient (Wildman–Crippen LogP) is 7.62. The van der Waals surface area contributed by atoms with Gasteiger partial charge in [0, 0.05) is 0 Å². The molecule has 0 bridgehead atoms. The van der Waals surface area contributed by atoms with Gasteiger partial charge < -0.3 is 4.90 Å². The largest absolute Gasteiger partial charge is 0.309 e. The SMILES string of the molecule is CCCCCCCCCCCCCCCCCCCN(C)C.Cl. The van der Waals surface area contributed by atoms with E-state index in [-0.39, 0.29) is 12.4 Å². The number of unbranched alkanes of at least 4 members (excludes halogenated alkanes) is 16. The summed E-state index contributed by atoms with van der Waals surface area (Å²) in [4.78, 5) is 2.30. The third kappa shape index (κ3) is 24.6. The number of hydrogen-bond donors (Lipinski definition) is 0. The Morgan fingerprint density at radius 3 is 0.957 bits per heavy atom. The minimum Gasteiger partial charge on any atom is -0.309 e. The lowest BCUT2D eigenvalue weighted by molar-refractivity contribution is 0.389. The zero-order valence-corrected chi connectivity index (χ0v) is 17.4. The van der Waals surface area contributed by atoms with Gasteiger partial charge in [0.1, 0.15) is 0 Å². The molecule has 0 unspecified atom stereocenters. The van der Waals surface area contributed by atoms with Gasteiger partial charge in [0.25, 0.3) is 0 Å². The molecule has 0 amide bonds. The van der Waals surface area contributed by atoms with Gasteiger partial charge >= 0.3 is 0 Å². The first-order chi connectivity index (χ1) is 10.8. The summed E-state index contributed by atoms with van der Waals surface area (Å²) >= 11 is 0. The summed E-state index contributed by atoms with van der Waals surface area (Å²) in [5.74, 6) is 0. The third-order valence-electron chi connectivity index (χ3n) is 4.71. The fraction of sp³-hybridized carbons (Fsp3) is 1.00. The molecule has 0 fully saturated rings. The zero-order chi connectivity index (χ0) is 16.3. The van der Waals surface area contributed by atoms with Crippen LogP contribution in [0.25, 0.3) is 0 Å². The van der Waals surface area contributed by atoms with Crippen molar-refractivity contribution < 1.29 is 0 Å². The number of hydrogen-bond acceptors (Lipinski definition) is 1. The van der Waals surface area contributed by atoms with E-state index in [1.54, 1.807) is 0 Å². The van der Waals surface area contributed by atoms with E-state index < -0.39 is 0 Å². The van der Waals surface area contributed by atoms with E-state index in [1.165, 1.54) is 116 Å². The van der Waals surface area contributed by atoms with Crippen LogP contribution in [0, 0.1) is 0 Å². The Hall–Kier alpha value is 0.250. The topological polar surface area (TPSA) is 3.24 Å². The quantitative estimate of drug-likeness (QED) is 0.230. The highest BCUT2D eigenvalue weighted by atomic mass is 35.5. The van der Waals surface area contributed by atoms with Gasteiger partial charge in [-0.15, -0.1) is 12.4 Å². The second-order valence-electron chi connectivity index (χ2n) is 7.46. The number of halogens is 1. The van der Waals surface area contributed by atoms with E-state index in [0.29, 0.717) is 0 Å². The van der Waals surface area contributed by atoms with E-state index in [9.17, 15) is 0 Å². The highest BCUT2D eigenvalue weighted by Gasteiger charge is 1.95. The van der Waals surface area contributed by atoms with Crippen LogP contribution in [0.2, 0.25) is 0 Å². The molecule has 0 atom stereocenters. The number of rotatable bonds is 18. The van der Waals surface area contributed by atoms with Gasteiger partial charge in [-0.3, -0.25) is 0 Å². The fourth-order valence-electron chi connectivity index (χ4n) is 3.15. The molecule has 0 spiro atoms. The average molecular weight is 348 g/mol. The Bertz CT molecular complexity index is 194. The normalized spacial score (nSPS) is 11.0. The molecular weight excluding hydrogens is 302 g/mol. The van der Waals surface area contributed by atoms with Gasteiger partial charge in [0.05, 0.1) is 0 Å². The van der Waals surface area contributed by atoms with E-state index in [0.717, 1.165) is 0 Å². The minimum atomic E-state index is 0. The molecule has 0 saturated carbocycles. The average Bonchev–Trinajstić information content (AvgIpc) is 2.50. The molecule has 0 rings (SSSR count). The van der Waals surface area contributed by atoms with Crippen LogP contribution in [-0.2, 0) is 0 Å². The Kier molecular flexibility index (Phi) is 24.7. The van der Waals surface area contributed by atoms with Crippen molar-refractivity contribution in [1.29, 1.82) is 0 Å². The smallest absolute Gasteiger partial charge is 0.00248 e. The summed E-state index contributed by atoms with van der Waals surface area (Å²) in [6.07, 6.45) is 24.8. The summed E-state index contributed by atoms with van der Waals surface area (Å²) in [5, 5.41) is 0. The lowest BCUT2D eigenvalue weighted by Crippen LogP contribution is -2.12. The molecule has 1 nitrogen and oxygen atoms in total. The Morgan fingerprint density at radius 2 is 0.696 bits per heavy atom. The van der Waals surface area contributed by atoms with Crippen molar-refractivity contribution in [1.82, 2.24) is 4.90 Å². The fourth-order valence-corrected chi connectivity index (χ4v) is 3.15. The van der Waals surface area contributed by atoms with E-state index in [1.807, 2.05) is 0 Å². The van der Waals surface area contributed by atoms with E-state index in [2.05, 4.69) is 25.9 Å². The van der Waals surface area contributed by atoms with Crippen molar-refractivity contribution in [2.24, 2.45) is 0 Å². The van der Waals surface area contributed by atoms with Crippen LogP contribution >= 0.6 is 12.4 Å². The van der Waals surface area contributed by atoms with Crippen LogP contribution < -0.4 is 0 Å². The van der Waals surface area contributed by atoms with Crippen molar-refractivity contribution in [3.8, 4) is 0 Å².